The SMILES string of the molecule is Cc1ccc(C)c(-n2nc(C(=O)NC(CC(=O)O)c3ccc(Cl)c(Cl)c3)cc2O)c1. The molecule has 0 spiro atoms. The van der Waals surface area contributed by atoms with Crippen molar-refractivity contribution in [2.45, 2.75) is 26.3 Å². The highest BCUT2D eigenvalue weighted by Crippen LogP contribution is 2.28. The van der Waals surface area contributed by atoms with Crippen LogP contribution in [0, 0.1) is 13.8 Å². The molecule has 3 rings (SSSR count). The first-order valence-corrected chi connectivity index (χ1v) is 9.75. The Kier molecular flexibility index (Phi) is 6.34. The molecule has 0 bridgehead atoms. The number of hydrogen-bond acceptors (Lipinski definition) is 4. The lowest BCUT2D eigenvalue weighted by Gasteiger charge is -2.17. The number of aromatic hydroxyl groups is 1. The molecule has 3 aromatic rings. The molecule has 1 unspecified atom stereocenters. The maximum absolute atomic E-state index is 12.8. The van der Waals surface area contributed by atoms with E-state index in [2.05, 4.69) is 10.4 Å². The van der Waals surface area contributed by atoms with Gasteiger partial charge in [-0.1, -0.05) is 41.4 Å². The number of carboxylic acid groups (broad SMARTS) is 1. The number of nitrogens with one attached hydrogen (secondary N) is 1. The molecule has 156 valence electrons. The van der Waals surface area contributed by atoms with E-state index in [9.17, 15) is 19.8 Å². The lowest BCUT2D eigenvalue weighted by Crippen LogP contribution is -2.30. The number of rotatable bonds is 6. The molecule has 30 heavy (non-hydrogen) atoms. The summed E-state index contributed by atoms with van der Waals surface area (Å²) >= 11 is 11.9. The van der Waals surface area contributed by atoms with Gasteiger partial charge in [-0.3, -0.25) is 9.59 Å². The van der Waals surface area contributed by atoms with Crippen LogP contribution >= 0.6 is 23.2 Å². The highest BCUT2D eigenvalue weighted by molar-refractivity contribution is 6.42. The van der Waals surface area contributed by atoms with Crippen LogP contribution in [0.15, 0.2) is 42.5 Å². The highest BCUT2D eigenvalue weighted by Gasteiger charge is 2.23. The first-order valence-electron chi connectivity index (χ1n) is 9.00. The minimum Gasteiger partial charge on any atom is -0.493 e. The van der Waals surface area contributed by atoms with Crippen molar-refractivity contribution in [3.63, 3.8) is 0 Å². The normalized spacial score (nSPS) is 11.9. The van der Waals surface area contributed by atoms with Crippen LogP contribution in [0.2, 0.25) is 10.0 Å². The van der Waals surface area contributed by atoms with Gasteiger partial charge in [0.05, 0.1) is 28.2 Å². The molecule has 1 atom stereocenters. The molecule has 0 saturated heterocycles. The molecule has 9 heteroatoms. The summed E-state index contributed by atoms with van der Waals surface area (Å²) < 4.78 is 1.27. The Balaban J connectivity index is 1.90. The van der Waals surface area contributed by atoms with Gasteiger partial charge in [0.2, 0.25) is 5.88 Å². The molecule has 0 fully saturated rings. The van der Waals surface area contributed by atoms with Crippen LogP contribution < -0.4 is 5.32 Å². The Morgan fingerprint density at radius 3 is 2.50 bits per heavy atom. The molecule has 0 radical (unpaired) electrons. The predicted octanol–water partition coefficient (Wildman–Crippen LogP) is 4.45. The van der Waals surface area contributed by atoms with Crippen molar-refractivity contribution >= 4 is 35.1 Å². The first-order chi connectivity index (χ1) is 14.2. The number of amides is 1. The van der Waals surface area contributed by atoms with E-state index in [1.165, 1.54) is 22.9 Å². The average molecular weight is 448 g/mol. The summed E-state index contributed by atoms with van der Waals surface area (Å²) in [5.41, 5.74) is 2.91. The number of hydrogen-bond donors (Lipinski definition) is 3. The van der Waals surface area contributed by atoms with E-state index < -0.39 is 17.9 Å². The van der Waals surface area contributed by atoms with Crippen molar-refractivity contribution in [1.29, 1.82) is 0 Å². The summed E-state index contributed by atoms with van der Waals surface area (Å²) in [4.78, 5) is 24.1. The van der Waals surface area contributed by atoms with Crippen molar-refractivity contribution in [2.75, 3.05) is 0 Å². The Labute approximate surface area is 182 Å². The zero-order chi connectivity index (χ0) is 22.0. The molecule has 0 aliphatic rings. The number of aromatic nitrogens is 2. The van der Waals surface area contributed by atoms with Crippen molar-refractivity contribution < 1.29 is 19.8 Å². The zero-order valence-electron chi connectivity index (χ0n) is 16.2. The van der Waals surface area contributed by atoms with E-state index in [-0.39, 0.29) is 23.0 Å². The summed E-state index contributed by atoms with van der Waals surface area (Å²) in [5, 5.41) is 26.9. The van der Waals surface area contributed by atoms with Crippen molar-refractivity contribution in [3.8, 4) is 11.6 Å². The van der Waals surface area contributed by atoms with Crippen LogP contribution in [-0.2, 0) is 4.79 Å². The number of carbonyl (C=O) groups is 2. The van der Waals surface area contributed by atoms with E-state index in [1.54, 1.807) is 6.07 Å². The van der Waals surface area contributed by atoms with Crippen LogP contribution in [0.5, 0.6) is 5.88 Å². The Hall–Kier alpha value is -3.03. The minimum absolute atomic E-state index is 0.0520. The van der Waals surface area contributed by atoms with E-state index in [4.69, 9.17) is 23.2 Å². The Bertz CT molecular complexity index is 1130. The van der Waals surface area contributed by atoms with Gasteiger partial charge in [0.15, 0.2) is 5.69 Å². The van der Waals surface area contributed by atoms with Gasteiger partial charge in [-0.15, -0.1) is 0 Å². The smallest absolute Gasteiger partial charge is 0.305 e. The average Bonchev–Trinajstić information content (AvgIpc) is 3.06. The lowest BCUT2D eigenvalue weighted by atomic mass is 10.0. The summed E-state index contributed by atoms with van der Waals surface area (Å²) in [6.07, 6.45) is -0.368. The molecule has 0 saturated carbocycles. The zero-order valence-corrected chi connectivity index (χ0v) is 17.7. The van der Waals surface area contributed by atoms with Gasteiger partial charge in [-0.25, -0.2) is 4.68 Å². The van der Waals surface area contributed by atoms with Gasteiger partial charge < -0.3 is 15.5 Å². The number of nitrogens with zero attached hydrogens (tertiary/aromatic N) is 2. The monoisotopic (exact) mass is 447 g/mol. The summed E-state index contributed by atoms with van der Waals surface area (Å²) in [6.45, 7) is 3.77. The Morgan fingerprint density at radius 2 is 1.83 bits per heavy atom. The molecule has 1 amide bonds. The number of halogens is 2. The van der Waals surface area contributed by atoms with Crippen LogP contribution in [0.25, 0.3) is 5.69 Å². The van der Waals surface area contributed by atoms with E-state index in [0.29, 0.717) is 16.3 Å². The number of carbonyl (C=O) groups excluding carboxylic acids is 1. The molecule has 1 heterocycles. The Morgan fingerprint density at radius 1 is 1.10 bits per heavy atom. The second-order valence-corrected chi connectivity index (χ2v) is 7.70. The van der Waals surface area contributed by atoms with Crippen molar-refractivity contribution in [1.82, 2.24) is 15.1 Å². The summed E-state index contributed by atoms with van der Waals surface area (Å²) in [6, 6.07) is 10.6. The quantitative estimate of drug-likeness (QED) is 0.517. The predicted molar refractivity (Wildman–Crippen MR) is 114 cm³/mol. The summed E-state index contributed by atoms with van der Waals surface area (Å²) in [7, 11) is 0. The van der Waals surface area contributed by atoms with Crippen LogP contribution in [0.1, 0.15) is 39.6 Å². The number of benzene rings is 2. The molecule has 2 aromatic carbocycles. The van der Waals surface area contributed by atoms with Crippen LogP contribution in [0.3, 0.4) is 0 Å². The van der Waals surface area contributed by atoms with E-state index in [1.807, 2.05) is 32.0 Å². The highest BCUT2D eigenvalue weighted by atomic mass is 35.5. The number of carboxylic acids is 1. The minimum atomic E-state index is -1.10. The van der Waals surface area contributed by atoms with Gasteiger partial charge in [0.25, 0.3) is 5.91 Å². The molecular weight excluding hydrogens is 429 g/mol. The van der Waals surface area contributed by atoms with Crippen LogP contribution in [-0.4, -0.2) is 31.9 Å². The number of aliphatic carboxylic acids is 1. The summed E-state index contributed by atoms with van der Waals surface area (Å²) in [5.74, 6) is -1.94. The largest absolute Gasteiger partial charge is 0.493 e. The molecule has 0 aliphatic heterocycles. The fraction of sp³-hybridized carbons (Fsp3) is 0.190. The fourth-order valence-corrected chi connectivity index (χ4v) is 3.30. The third kappa shape index (κ3) is 4.75. The second-order valence-electron chi connectivity index (χ2n) is 6.89. The third-order valence-electron chi connectivity index (χ3n) is 4.55. The van der Waals surface area contributed by atoms with Gasteiger partial charge in [-0.2, -0.15) is 5.10 Å². The standard InChI is InChI=1S/C21H19Cl2N3O4/c1-11-3-4-12(2)18(7-11)26-19(27)9-17(25-26)21(30)24-16(10-20(28)29)13-5-6-14(22)15(23)8-13/h3-9,16,27H,10H2,1-2H3,(H,24,30)(H,28,29). The molecule has 1 aromatic heterocycles. The van der Waals surface area contributed by atoms with Gasteiger partial charge in [0, 0.05) is 6.07 Å². The molecule has 7 nitrogen and oxygen atoms in total. The maximum atomic E-state index is 12.8. The third-order valence-corrected chi connectivity index (χ3v) is 5.29. The lowest BCUT2D eigenvalue weighted by molar-refractivity contribution is -0.137. The van der Waals surface area contributed by atoms with Crippen molar-refractivity contribution in [2.24, 2.45) is 0 Å². The van der Waals surface area contributed by atoms with Gasteiger partial charge in [-0.05, 0) is 48.7 Å². The molecular formula is C21H19Cl2N3O4. The van der Waals surface area contributed by atoms with Gasteiger partial charge in [0.1, 0.15) is 0 Å². The van der Waals surface area contributed by atoms with Gasteiger partial charge >= 0.3 is 5.97 Å². The van der Waals surface area contributed by atoms with Crippen LogP contribution in [0.4, 0.5) is 0 Å². The van der Waals surface area contributed by atoms with Crippen molar-refractivity contribution in [3.05, 3.63) is 74.9 Å². The molecule has 0 aliphatic carbocycles. The topological polar surface area (TPSA) is 104 Å². The number of aryl methyl sites for hydroxylation is 2. The fourth-order valence-electron chi connectivity index (χ4n) is 3.00. The van der Waals surface area contributed by atoms with E-state index in [0.717, 1.165) is 11.1 Å². The molecule has 3 N–H and O–H groups in total. The second kappa shape index (κ2) is 8.77. The maximum Gasteiger partial charge on any atom is 0.305 e. The first kappa shape index (κ1) is 21.7. The van der Waals surface area contributed by atoms with E-state index >= 15 is 0 Å².